The van der Waals surface area contributed by atoms with Gasteiger partial charge in [0, 0.05) is 49.9 Å². The molecule has 0 aliphatic carbocycles. The van der Waals surface area contributed by atoms with Crippen molar-refractivity contribution in [2.24, 2.45) is 5.41 Å². The van der Waals surface area contributed by atoms with Crippen LogP contribution in [0, 0.1) is 16.7 Å². The van der Waals surface area contributed by atoms with E-state index < -0.39 is 0 Å². The first-order valence-corrected chi connectivity index (χ1v) is 12.9. The second kappa shape index (κ2) is 9.40. The van der Waals surface area contributed by atoms with Gasteiger partial charge in [0.25, 0.3) is 0 Å². The lowest BCUT2D eigenvalue weighted by Gasteiger charge is -2.32. The van der Waals surface area contributed by atoms with Crippen LogP contribution in [0.1, 0.15) is 37.7 Å². The summed E-state index contributed by atoms with van der Waals surface area (Å²) in [6.45, 7) is 11.6. The van der Waals surface area contributed by atoms with E-state index in [1.807, 2.05) is 0 Å². The molecule has 4 heterocycles. The molecule has 0 atom stereocenters. The van der Waals surface area contributed by atoms with Gasteiger partial charge in [-0.3, -0.25) is 0 Å². The van der Waals surface area contributed by atoms with E-state index >= 15 is 0 Å². The number of hydrogen-bond donors (Lipinski definition) is 0. The molecule has 1 fully saturated rings. The molecule has 0 radical (unpaired) electrons. The van der Waals surface area contributed by atoms with E-state index in [1.54, 1.807) is 17.5 Å². The minimum Gasteiger partial charge on any atom is -0.346 e. The van der Waals surface area contributed by atoms with Gasteiger partial charge in [-0.05, 0) is 30.0 Å². The highest BCUT2D eigenvalue weighted by molar-refractivity contribution is 7.14. The van der Waals surface area contributed by atoms with Gasteiger partial charge >= 0.3 is 0 Å². The molecule has 0 unspecified atom stereocenters. The molecule has 8 heteroatoms. The monoisotopic (exact) mass is 485 g/mol. The first-order chi connectivity index (χ1) is 16.8. The zero-order valence-electron chi connectivity index (χ0n) is 20.8. The van der Waals surface area contributed by atoms with Gasteiger partial charge in [-0.1, -0.05) is 45.0 Å². The zero-order valence-corrected chi connectivity index (χ0v) is 21.6. The molecule has 1 aliphatic heterocycles. The van der Waals surface area contributed by atoms with Gasteiger partial charge in [-0.2, -0.15) is 5.26 Å². The second-order valence-corrected chi connectivity index (χ2v) is 11.4. The number of nitrogens with zero attached hydrogens (tertiary/aromatic N) is 7. The molecule has 7 nitrogen and oxygen atoms in total. The van der Waals surface area contributed by atoms with Crippen molar-refractivity contribution in [3.8, 4) is 17.3 Å². The Morgan fingerprint density at radius 2 is 1.80 bits per heavy atom. The predicted octanol–water partition coefficient (Wildman–Crippen LogP) is 4.82. The summed E-state index contributed by atoms with van der Waals surface area (Å²) in [6.07, 6.45) is 4.83. The molecule has 4 aromatic rings. The van der Waals surface area contributed by atoms with Crippen LogP contribution in [0.4, 0.5) is 5.13 Å². The molecule has 35 heavy (non-hydrogen) atoms. The molecule has 0 saturated carbocycles. The van der Waals surface area contributed by atoms with Crippen molar-refractivity contribution < 1.29 is 0 Å². The largest absolute Gasteiger partial charge is 0.346 e. The number of piperazine rings is 1. The number of anilines is 1. The molecule has 1 saturated heterocycles. The molecule has 3 aromatic heterocycles. The molecular formula is C27H31N7S. The van der Waals surface area contributed by atoms with Crippen molar-refractivity contribution in [1.82, 2.24) is 24.4 Å². The Morgan fingerprint density at radius 1 is 1.06 bits per heavy atom. The van der Waals surface area contributed by atoms with Crippen LogP contribution >= 0.6 is 11.3 Å². The van der Waals surface area contributed by atoms with Gasteiger partial charge in [0.05, 0.1) is 22.9 Å². The second-order valence-electron chi connectivity index (χ2n) is 10.6. The number of benzene rings is 1. The summed E-state index contributed by atoms with van der Waals surface area (Å²) in [4.78, 5) is 18.4. The third-order valence-corrected chi connectivity index (χ3v) is 7.29. The molecule has 5 rings (SSSR count). The molecule has 180 valence electrons. The van der Waals surface area contributed by atoms with Gasteiger partial charge in [-0.25, -0.2) is 15.0 Å². The molecular weight excluding hydrogens is 454 g/mol. The number of fused-ring (bicyclic) bond motifs is 1. The van der Waals surface area contributed by atoms with Gasteiger partial charge < -0.3 is 14.4 Å². The maximum Gasteiger partial charge on any atom is 0.232 e. The fourth-order valence-electron chi connectivity index (χ4n) is 4.54. The smallest absolute Gasteiger partial charge is 0.232 e. The maximum absolute atomic E-state index is 9.28. The van der Waals surface area contributed by atoms with Gasteiger partial charge in [-0.15, -0.1) is 11.3 Å². The Hall–Kier alpha value is -3.28. The first-order valence-electron chi connectivity index (χ1n) is 12.0. The third kappa shape index (κ3) is 5.21. The Labute approximate surface area is 210 Å². The van der Waals surface area contributed by atoms with Crippen molar-refractivity contribution in [1.29, 1.82) is 5.26 Å². The van der Waals surface area contributed by atoms with E-state index in [1.165, 1.54) is 5.56 Å². The minimum atomic E-state index is 0.120. The number of aromatic nitrogens is 4. The van der Waals surface area contributed by atoms with Gasteiger partial charge in [0.1, 0.15) is 6.07 Å². The predicted molar refractivity (Wildman–Crippen MR) is 142 cm³/mol. The van der Waals surface area contributed by atoms with Crippen LogP contribution in [-0.4, -0.2) is 57.6 Å². The summed E-state index contributed by atoms with van der Waals surface area (Å²) < 4.78 is 2.20. The Balaban J connectivity index is 1.36. The number of likely N-dealkylation sites (N-methyl/N-ethyl adjacent to an activating group) is 1. The fraction of sp³-hybridized carbons (Fsp3) is 0.407. The van der Waals surface area contributed by atoms with Crippen LogP contribution in [-0.2, 0) is 13.0 Å². The topological polar surface area (TPSA) is 73.9 Å². The lowest BCUT2D eigenvalue weighted by atomic mass is 9.89. The van der Waals surface area contributed by atoms with Crippen molar-refractivity contribution in [2.75, 3.05) is 38.1 Å². The van der Waals surface area contributed by atoms with Crippen molar-refractivity contribution in [3.05, 3.63) is 59.0 Å². The van der Waals surface area contributed by atoms with Crippen LogP contribution < -0.4 is 4.90 Å². The minimum absolute atomic E-state index is 0.120. The molecule has 1 aromatic carbocycles. The van der Waals surface area contributed by atoms with Crippen LogP contribution in [0.5, 0.6) is 0 Å². The number of nitriles is 1. The van der Waals surface area contributed by atoms with E-state index in [4.69, 9.17) is 4.98 Å². The lowest BCUT2D eigenvalue weighted by Crippen LogP contribution is -2.44. The highest BCUT2D eigenvalue weighted by atomic mass is 32.1. The van der Waals surface area contributed by atoms with E-state index in [9.17, 15) is 5.26 Å². The fourth-order valence-corrected chi connectivity index (χ4v) is 5.43. The van der Waals surface area contributed by atoms with Crippen LogP contribution in [0.3, 0.4) is 0 Å². The number of hydrogen-bond acceptors (Lipinski definition) is 7. The average Bonchev–Trinajstić information content (AvgIpc) is 3.45. The molecule has 0 bridgehead atoms. The summed E-state index contributed by atoms with van der Waals surface area (Å²) in [6, 6.07) is 10.7. The number of rotatable bonds is 5. The maximum atomic E-state index is 9.28. The van der Waals surface area contributed by atoms with Gasteiger partial charge in [0.15, 0.2) is 5.13 Å². The van der Waals surface area contributed by atoms with Crippen LogP contribution in [0.15, 0.2) is 42.0 Å². The van der Waals surface area contributed by atoms with Gasteiger partial charge in [0.2, 0.25) is 5.82 Å². The standard InChI is InChI=1S/C27H31N7S/c1-27(2,3)13-21-17-34(23-15-29-24(14-28)31-25(21)23)16-19-5-7-20(8-6-19)22-18-35-26(30-22)33-11-9-32(4)10-12-33/h5-8,15,17-18H,9-13,16H2,1-4H3. The third-order valence-electron chi connectivity index (χ3n) is 6.38. The van der Waals surface area contributed by atoms with Crippen molar-refractivity contribution >= 4 is 27.5 Å². The van der Waals surface area contributed by atoms with E-state index in [0.29, 0.717) is 0 Å². The summed E-state index contributed by atoms with van der Waals surface area (Å²) in [7, 11) is 2.17. The van der Waals surface area contributed by atoms with Crippen LogP contribution in [0.25, 0.3) is 22.3 Å². The Morgan fingerprint density at radius 3 is 2.49 bits per heavy atom. The lowest BCUT2D eigenvalue weighted by molar-refractivity contribution is 0.313. The molecule has 1 aliphatic rings. The summed E-state index contributed by atoms with van der Waals surface area (Å²) in [5.41, 5.74) is 6.49. The Bertz CT molecular complexity index is 1360. The highest BCUT2D eigenvalue weighted by Gasteiger charge is 2.19. The highest BCUT2D eigenvalue weighted by Crippen LogP contribution is 2.30. The summed E-state index contributed by atoms with van der Waals surface area (Å²) in [5.74, 6) is 0.217. The number of thiazole rings is 1. The first kappa shape index (κ1) is 23.5. The zero-order chi connectivity index (χ0) is 24.6. The van der Waals surface area contributed by atoms with E-state index in [0.717, 1.165) is 72.1 Å². The van der Waals surface area contributed by atoms with E-state index in [-0.39, 0.29) is 11.2 Å². The van der Waals surface area contributed by atoms with E-state index in [2.05, 4.69) is 94.1 Å². The SMILES string of the molecule is CN1CCN(c2nc(-c3ccc(Cn4cc(CC(C)(C)C)c5nc(C#N)ncc54)cc3)cs2)CC1. The Kier molecular flexibility index (Phi) is 6.30. The summed E-state index contributed by atoms with van der Waals surface area (Å²) in [5, 5.41) is 12.5. The van der Waals surface area contributed by atoms with Crippen LogP contribution in [0.2, 0.25) is 0 Å². The quantitative estimate of drug-likeness (QED) is 0.404. The van der Waals surface area contributed by atoms with Crippen molar-refractivity contribution in [2.45, 2.75) is 33.7 Å². The average molecular weight is 486 g/mol. The molecule has 0 spiro atoms. The molecule has 0 N–H and O–H groups in total. The summed E-state index contributed by atoms with van der Waals surface area (Å²) >= 11 is 1.73. The van der Waals surface area contributed by atoms with Crippen molar-refractivity contribution in [3.63, 3.8) is 0 Å². The normalized spacial score (nSPS) is 15.0. The molecule has 0 amide bonds.